The van der Waals surface area contributed by atoms with Crippen molar-refractivity contribution in [1.29, 1.82) is 0 Å². The highest BCUT2D eigenvalue weighted by atomic mass is 32.1. The number of nitrogens with zero attached hydrogens (tertiary/aromatic N) is 5. The van der Waals surface area contributed by atoms with E-state index in [9.17, 15) is 0 Å². The van der Waals surface area contributed by atoms with Crippen molar-refractivity contribution in [3.8, 4) is 0 Å². The van der Waals surface area contributed by atoms with Crippen LogP contribution < -0.4 is 5.32 Å². The Kier molecular flexibility index (Phi) is 6.23. The molecule has 1 fully saturated rings. The number of thiocarbonyl (C=S) groups is 1. The van der Waals surface area contributed by atoms with E-state index in [1.54, 1.807) is 0 Å². The maximum absolute atomic E-state index is 5.84. The van der Waals surface area contributed by atoms with Gasteiger partial charge in [-0.25, -0.2) is 0 Å². The van der Waals surface area contributed by atoms with Crippen LogP contribution in [0.15, 0.2) is 24.3 Å². The average molecular weight is 411 g/mol. The Balaban J connectivity index is 1.69. The molecule has 1 N–H and O–H groups in total. The number of hydrogen-bond acceptors (Lipinski definition) is 4. The standard InChI is InChI=1S/C22H30N6S/c1-3-4-12-23-22(29)27(19-8-6-5-7-9-19)15-18-14-17-13-16(2)10-11-20(17)28-21(18)24-25-26-28/h10-11,13-14,19H,3-9,12,15H2,1-2H3,(H,23,29). The number of aromatic nitrogens is 4. The molecule has 1 saturated carbocycles. The second-order valence-electron chi connectivity index (χ2n) is 8.15. The lowest BCUT2D eigenvalue weighted by Crippen LogP contribution is -2.46. The van der Waals surface area contributed by atoms with Crippen molar-refractivity contribution < 1.29 is 0 Å². The fourth-order valence-corrected chi connectivity index (χ4v) is 4.63. The van der Waals surface area contributed by atoms with E-state index in [-0.39, 0.29) is 0 Å². The van der Waals surface area contributed by atoms with E-state index in [1.165, 1.54) is 37.7 Å². The van der Waals surface area contributed by atoms with Crippen molar-refractivity contribution in [2.24, 2.45) is 0 Å². The molecule has 0 aliphatic heterocycles. The highest BCUT2D eigenvalue weighted by molar-refractivity contribution is 7.80. The van der Waals surface area contributed by atoms with Gasteiger partial charge in [0, 0.05) is 30.1 Å². The number of tetrazole rings is 1. The van der Waals surface area contributed by atoms with Crippen LogP contribution in [-0.2, 0) is 6.54 Å². The minimum absolute atomic E-state index is 0.481. The second kappa shape index (κ2) is 9.03. The summed E-state index contributed by atoms with van der Waals surface area (Å²) in [5.41, 5.74) is 4.21. The van der Waals surface area contributed by atoms with Gasteiger partial charge in [0.15, 0.2) is 10.8 Å². The van der Waals surface area contributed by atoms with Crippen LogP contribution in [-0.4, -0.2) is 42.6 Å². The fraction of sp³-hybridized carbons (Fsp3) is 0.545. The predicted molar refractivity (Wildman–Crippen MR) is 121 cm³/mol. The summed E-state index contributed by atoms with van der Waals surface area (Å²) >= 11 is 5.84. The first-order chi connectivity index (χ1) is 14.2. The first kappa shape index (κ1) is 20.0. The molecule has 6 nitrogen and oxygen atoms in total. The molecule has 4 rings (SSSR count). The number of benzene rings is 1. The maximum atomic E-state index is 5.84. The number of nitrogens with one attached hydrogen (secondary N) is 1. The van der Waals surface area contributed by atoms with Crippen LogP contribution in [0.25, 0.3) is 16.6 Å². The van der Waals surface area contributed by atoms with E-state index < -0.39 is 0 Å². The topological polar surface area (TPSA) is 58.4 Å². The summed E-state index contributed by atoms with van der Waals surface area (Å²) in [6, 6.07) is 9.11. The molecule has 29 heavy (non-hydrogen) atoms. The average Bonchev–Trinajstić information content (AvgIpc) is 3.22. The molecule has 154 valence electrons. The van der Waals surface area contributed by atoms with Crippen molar-refractivity contribution in [3.63, 3.8) is 0 Å². The van der Waals surface area contributed by atoms with Gasteiger partial charge in [0.2, 0.25) is 0 Å². The van der Waals surface area contributed by atoms with E-state index in [2.05, 4.69) is 63.9 Å². The zero-order chi connectivity index (χ0) is 20.2. The highest BCUT2D eigenvalue weighted by Gasteiger charge is 2.25. The molecule has 0 atom stereocenters. The lowest BCUT2D eigenvalue weighted by atomic mass is 9.94. The summed E-state index contributed by atoms with van der Waals surface area (Å²) in [5, 5.41) is 18.1. The molecule has 7 heteroatoms. The minimum atomic E-state index is 0.481. The number of unbranched alkanes of at least 4 members (excludes halogenated alkanes) is 1. The van der Waals surface area contributed by atoms with Gasteiger partial charge in [0.05, 0.1) is 5.52 Å². The molecule has 2 aromatic heterocycles. The Bertz CT molecular complexity index is 992. The van der Waals surface area contributed by atoms with Crippen molar-refractivity contribution in [2.45, 2.75) is 71.4 Å². The van der Waals surface area contributed by atoms with Gasteiger partial charge in [-0.1, -0.05) is 44.2 Å². The number of fused-ring (bicyclic) bond motifs is 3. The van der Waals surface area contributed by atoms with Crippen molar-refractivity contribution in [3.05, 3.63) is 35.4 Å². The van der Waals surface area contributed by atoms with Gasteiger partial charge in [-0.05, 0) is 67.0 Å². The first-order valence-electron chi connectivity index (χ1n) is 10.8. The Hall–Kier alpha value is -2.28. The van der Waals surface area contributed by atoms with Crippen LogP contribution in [0.1, 0.15) is 63.0 Å². The van der Waals surface area contributed by atoms with Gasteiger partial charge in [-0.3, -0.25) is 0 Å². The Labute approximate surface area is 177 Å². The van der Waals surface area contributed by atoms with E-state index in [0.717, 1.165) is 53.2 Å². The Morgan fingerprint density at radius 1 is 1.24 bits per heavy atom. The summed E-state index contributed by atoms with van der Waals surface area (Å²) in [7, 11) is 0. The Morgan fingerprint density at radius 2 is 2.07 bits per heavy atom. The number of aryl methyl sites for hydroxylation is 1. The molecule has 1 aromatic carbocycles. The van der Waals surface area contributed by atoms with Crippen molar-refractivity contribution in [1.82, 2.24) is 30.3 Å². The van der Waals surface area contributed by atoms with E-state index in [4.69, 9.17) is 12.2 Å². The third kappa shape index (κ3) is 4.34. The van der Waals surface area contributed by atoms with Gasteiger partial charge < -0.3 is 10.2 Å². The largest absolute Gasteiger partial charge is 0.363 e. The van der Waals surface area contributed by atoms with Crippen LogP contribution in [0.4, 0.5) is 0 Å². The predicted octanol–water partition coefficient (Wildman–Crippen LogP) is 4.40. The molecule has 0 amide bonds. The molecule has 0 unspecified atom stereocenters. The Morgan fingerprint density at radius 3 is 2.86 bits per heavy atom. The molecule has 0 radical (unpaired) electrons. The second-order valence-corrected chi connectivity index (χ2v) is 8.54. The smallest absolute Gasteiger partial charge is 0.184 e. The summed E-state index contributed by atoms with van der Waals surface area (Å²) in [6.07, 6.45) is 8.57. The zero-order valence-electron chi connectivity index (χ0n) is 17.4. The van der Waals surface area contributed by atoms with E-state index >= 15 is 0 Å². The summed E-state index contributed by atoms with van der Waals surface area (Å²) < 4.78 is 1.86. The van der Waals surface area contributed by atoms with Gasteiger partial charge >= 0.3 is 0 Å². The third-order valence-electron chi connectivity index (χ3n) is 5.92. The molecule has 2 heterocycles. The third-order valence-corrected chi connectivity index (χ3v) is 6.30. The van der Waals surface area contributed by atoms with Gasteiger partial charge in [-0.2, -0.15) is 4.52 Å². The monoisotopic (exact) mass is 410 g/mol. The van der Waals surface area contributed by atoms with Crippen molar-refractivity contribution >= 4 is 33.9 Å². The van der Waals surface area contributed by atoms with Crippen molar-refractivity contribution in [2.75, 3.05) is 6.54 Å². The molecular formula is C22H30N6S. The van der Waals surface area contributed by atoms with Crippen LogP contribution in [0.3, 0.4) is 0 Å². The van der Waals surface area contributed by atoms with Gasteiger partial charge in [-0.15, -0.1) is 5.10 Å². The fourth-order valence-electron chi connectivity index (χ4n) is 4.32. The number of pyridine rings is 1. The molecule has 0 bridgehead atoms. The maximum Gasteiger partial charge on any atom is 0.184 e. The molecular weight excluding hydrogens is 380 g/mol. The van der Waals surface area contributed by atoms with E-state index in [1.807, 2.05) is 4.52 Å². The van der Waals surface area contributed by atoms with Gasteiger partial charge in [0.25, 0.3) is 0 Å². The lowest BCUT2D eigenvalue weighted by Gasteiger charge is -2.36. The number of rotatable bonds is 6. The van der Waals surface area contributed by atoms with Gasteiger partial charge in [0.1, 0.15) is 0 Å². The van der Waals surface area contributed by atoms with Crippen LogP contribution in [0.2, 0.25) is 0 Å². The molecule has 3 aromatic rings. The van der Waals surface area contributed by atoms with Crippen LogP contribution in [0.5, 0.6) is 0 Å². The summed E-state index contributed by atoms with van der Waals surface area (Å²) in [5.74, 6) is 0. The highest BCUT2D eigenvalue weighted by Crippen LogP contribution is 2.27. The normalized spacial score (nSPS) is 15.1. The van der Waals surface area contributed by atoms with Crippen LogP contribution >= 0.6 is 12.2 Å². The molecule has 0 spiro atoms. The summed E-state index contributed by atoms with van der Waals surface area (Å²) in [4.78, 5) is 2.38. The minimum Gasteiger partial charge on any atom is -0.363 e. The summed E-state index contributed by atoms with van der Waals surface area (Å²) in [6.45, 7) is 5.98. The zero-order valence-corrected chi connectivity index (χ0v) is 18.2. The first-order valence-corrected chi connectivity index (χ1v) is 11.2. The number of hydrogen-bond donors (Lipinski definition) is 1. The molecule has 0 saturated heterocycles. The molecule has 1 aliphatic carbocycles. The van der Waals surface area contributed by atoms with Crippen LogP contribution in [0, 0.1) is 6.92 Å². The lowest BCUT2D eigenvalue weighted by molar-refractivity contribution is 0.235. The quantitative estimate of drug-likeness (QED) is 0.480. The van der Waals surface area contributed by atoms with E-state index in [0.29, 0.717) is 6.04 Å². The SMILES string of the molecule is CCCCNC(=S)N(Cc1cc2cc(C)ccc2n2nnnc12)C1CCCCC1. The molecule has 1 aliphatic rings.